The van der Waals surface area contributed by atoms with Gasteiger partial charge in [-0.3, -0.25) is 33.9 Å². The summed E-state index contributed by atoms with van der Waals surface area (Å²) in [7, 11) is 5.02. The number of amides is 3. The Labute approximate surface area is 130 Å². The number of likely N-dealkylation sites (N-methyl/N-ethyl adjacent to an activating group) is 2. The summed E-state index contributed by atoms with van der Waals surface area (Å²) in [5.41, 5.74) is -2.12. The largest absolute Gasteiger partial charge is 0.494 e. The van der Waals surface area contributed by atoms with Crippen LogP contribution in [0.4, 0.5) is 4.79 Å². The maximum Gasteiger partial charge on any atom is 0.333 e. The number of nitrogens with one attached hydrogen (secondary N) is 1. The lowest BCUT2D eigenvalue weighted by Gasteiger charge is -2.31. The monoisotopic (exact) mass is 321 g/mol. The Balaban J connectivity index is 2.75. The summed E-state index contributed by atoms with van der Waals surface area (Å²) in [5, 5.41) is 17.9. The molecule has 122 valence electrons. The number of aromatic nitrogens is 2. The Morgan fingerprint density at radius 3 is 2.09 bits per heavy atom. The number of carbonyl (C=O) groups excluding carboxylic acids is 2. The molecule has 10 nitrogen and oxygen atoms in total. The second-order valence-electron chi connectivity index (χ2n) is 5.06. The van der Waals surface area contributed by atoms with Gasteiger partial charge < -0.3 is 5.11 Å². The minimum Gasteiger partial charge on any atom is -0.494 e. The van der Waals surface area contributed by atoms with E-state index in [1.807, 2.05) is 0 Å². The molecule has 1 aliphatic rings. The molecule has 23 heavy (non-hydrogen) atoms. The Kier molecular flexibility index (Phi) is 3.69. The highest BCUT2D eigenvalue weighted by Crippen LogP contribution is 2.20. The zero-order valence-corrected chi connectivity index (χ0v) is 12.9. The highest BCUT2D eigenvalue weighted by molar-refractivity contribution is 6.31. The van der Waals surface area contributed by atoms with Crippen molar-refractivity contribution in [2.45, 2.75) is 0 Å². The van der Waals surface area contributed by atoms with E-state index in [-0.39, 0.29) is 11.1 Å². The lowest BCUT2D eigenvalue weighted by atomic mass is 10.1. The lowest BCUT2D eigenvalue weighted by Crippen LogP contribution is -2.52. The summed E-state index contributed by atoms with van der Waals surface area (Å²) in [6.45, 7) is 0. The third-order valence-corrected chi connectivity index (χ3v) is 3.66. The summed E-state index contributed by atoms with van der Waals surface area (Å²) in [6.07, 6.45) is 1.00. The van der Waals surface area contributed by atoms with Crippen LogP contribution in [-0.2, 0) is 18.9 Å². The summed E-state index contributed by atoms with van der Waals surface area (Å²) in [6, 6.07) is -0.685. The number of hydrogen-bond acceptors (Lipinski definition) is 6. The fourth-order valence-electron chi connectivity index (χ4n) is 2.13. The average molecular weight is 321 g/mol. The molecular weight excluding hydrogens is 306 g/mol. The molecule has 0 radical (unpaired) electrons. The molecule has 1 fully saturated rings. The van der Waals surface area contributed by atoms with Gasteiger partial charge in [0, 0.05) is 28.2 Å². The van der Waals surface area contributed by atoms with E-state index in [2.05, 4.69) is 0 Å². The molecule has 2 rings (SSSR count). The van der Waals surface area contributed by atoms with Crippen molar-refractivity contribution < 1.29 is 14.7 Å². The number of carbonyl (C=O) groups is 2. The number of nitrogens with zero attached hydrogens (tertiary/aromatic N) is 4. The molecule has 0 aromatic carbocycles. The van der Waals surface area contributed by atoms with Crippen LogP contribution in [-0.4, -0.2) is 55.9 Å². The van der Waals surface area contributed by atoms with E-state index in [4.69, 9.17) is 5.41 Å². The molecule has 3 amide bonds. The van der Waals surface area contributed by atoms with Gasteiger partial charge in [-0.1, -0.05) is 0 Å². The Bertz CT molecular complexity index is 865. The van der Waals surface area contributed by atoms with E-state index in [1.165, 1.54) is 28.2 Å². The van der Waals surface area contributed by atoms with Gasteiger partial charge in [-0.2, -0.15) is 0 Å². The molecule has 0 bridgehead atoms. The predicted octanol–water partition coefficient (Wildman–Crippen LogP) is -1.33. The van der Waals surface area contributed by atoms with Crippen LogP contribution >= 0.6 is 0 Å². The number of rotatable bonds is 1. The van der Waals surface area contributed by atoms with Crippen molar-refractivity contribution in [1.29, 1.82) is 5.41 Å². The van der Waals surface area contributed by atoms with E-state index < -0.39 is 34.9 Å². The van der Waals surface area contributed by atoms with Crippen LogP contribution in [0.3, 0.4) is 0 Å². The molecule has 0 aliphatic carbocycles. The quantitative estimate of drug-likeness (QED) is 0.619. The van der Waals surface area contributed by atoms with Crippen molar-refractivity contribution in [3.8, 4) is 5.88 Å². The van der Waals surface area contributed by atoms with E-state index in [0.717, 1.165) is 25.0 Å². The van der Waals surface area contributed by atoms with Crippen molar-refractivity contribution >= 4 is 23.8 Å². The van der Waals surface area contributed by atoms with Crippen LogP contribution in [0.5, 0.6) is 5.88 Å². The van der Waals surface area contributed by atoms with E-state index in [9.17, 15) is 24.3 Å². The highest BCUT2D eigenvalue weighted by Gasteiger charge is 2.35. The number of amidine groups is 1. The standard InChI is InChI=1S/C13H15N5O5/c1-15-8(14)6(9(19)16(2)12(15)22)5-7-10(20)17(3)13(23)18(4)11(7)21/h5,14,20H,1-4H3/b6-5+,14-8?. The predicted molar refractivity (Wildman–Crippen MR) is 80.2 cm³/mol. The van der Waals surface area contributed by atoms with Gasteiger partial charge in [0.25, 0.3) is 11.5 Å². The van der Waals surface area contributed by atoms with E-state index >= 15 is 0 Å². The summed E-state index contributed by atoms with van der Waals surface area (Å²) < 4.78 is 1.60. The first-order valence-electron chi connectivity index (χ1n) is 6.45. The van der Waals surface area contributed by atoms with Gasteiger partial charge in [-0.25, -0.2) is 9.59 Å². The molecule has 1 aromatic heterocycles. The highest BCUT2D eigenvalue weighted by atomic mass is 16.3. The first-order chi connectivity index (χ1) is 10.6. The van der Waals surface area contributed by atoms with E-state index in [1.54, 1.807) is 0 Å². The Morgan fingerprint density at radius 1 is 0.957 bits per heavy atom. The first kappa shape index (κ1) is 16.2. The molecule has 1 aromatic rings. The van der Waals surface area contributed by atoms with Gasteiger partial charge in [0.2, 0.25) is 5.88 Å². The third-order valence-electron chi connectivity index (χ3n) is 3.66. The first-order valence-corrected chi connectivity index (χ1v) is 6.45. The van der Waals surface area contributed by atoms with Crippen molar-refractivity contribution in [1.82, 2.24) is 18.9 Å². The van der Waals surface area contributed by atoms with E-state index in [0.29, 0.717) is 0 Å². The van der Waals surface area contributed by atoms with Gasteiger partial charge >= 0.3 is 11.7 Å². The average Bonchev–Trinajstić information content (AvgIpc) is 2.54. The maximum absolute atomic E-state index is 12.2. The SMILES string of the molecule is CN1C(=N)/C(=C\c2c(O)n(C)c(=O)n(C)c2=O)C(=O)N(C)C1=O. The van der Waals surface area contributed by atoms with Gasteiger partial charge in [-0.15, -0.1) is 0 Å². The van der Waals surface area contributed by atoms with Crippen LogP contribution in [0.1, 0.15) is 5.56 Å². The Hall–Kier alpha value is -3.17. The summed E-state index contributed by atoms with van der Waals surface area (Å²) in [4.78, 5) is 49.5. The van der Waals surface area contributed by atoms with Gasteiger partial charge in [0.05, 0.1) is 5.57 Å². The molecule has 2 N–H and O–H groups in total. The molecule has 0 spiro atoms. The molecule has 2 heterocycles. The van der Waals surface area contributed by atoms with Crippen LogP contribution in [0.25, 0.3) is 6.08 Å². The van der Waals surface area contributed by atoms with Crippen LogP contribution in [0.15, 0.2) is 15.2 Å². The van der Waals surface area contributed by atoms with Crippen molar-refractivity contribution in [3.63, 3.8) is 0 Å². The van der Waals surface area contributed by atoms with Crippen LogP contribution in [0.2, 0.25) is 0 Å². The number of hydrogen-bond donors (Lipinski definition) is 2. The summed E-state index contributed by atoms with van der Waals surface area (Å²) >= 11 is 0. The van der Waals surface area contributed by atoms with Gasteiger partial charge in [0.1, 0.15) is 11.4 Å². The Morgan fingerprint density at radius 2 is 1.52 bits per heavy atom. The van der Waals surface area contributed by atoms with Crippen molar-refractivity contribution in [3.05, 3.63) is 32.0 Å². The molecule has 1 saturated heterocycles. The minimum atomic E-state index is -0.819. The lowest BCUT2D eigenvalue weighted by molar-refractivity contribution is -0.123. The molecule has 1 aliphatic heterocycles. The molecule has 0 saturated carbocycles. The minimum absolute atomic E-state index is 0.249. The maximum atomic E-state index is 12.2. The molecule has 0 unspecified atom stereocenters. The van der Waals surface area contributed by atoms with Gasteiger partial charge in [-0.05, 0) is 6.08 Å². The van der Waals surface area contributed by atoms with Crippen molar-refractivity contribution in [2.24, 2.45) is 14.1 Å². The van der Waals surface area contributed by atoms with Gasteiger partial charge in [0.15, 0.2) is 0 Å². The van der Waals surface area contributed by atoms with Crippen molar-refractivity contribution in [2.75, 3.05) is 14.1 Å². The number of imide groups is 1. The smallest absolute Gasteiger partial charge is 0.333 e. The fourth-order valence-corrected chi connectivity index (χ4v) is 2.13. The fraction of sp³-hybridized carbons (Fsp3) is 0.308. The normalized spacial score (nSPS) is 17.4. The second kappa shape index (κ2) is 5.23. The number of aromatic hydroxyl groups is 1. The topological polar surface area (TPSA) is 129 Å². The zero-order chi connectivity index (χ0) is 17.6. The van der Waals surface area contributed by atoms with Crippen LogP contribution < -0.4 is 11.2 Å². The second-order valence-corrected chi connectivity index (χ2v) is 5.06. The zero-order valence-electron chi connectivity index (χ0n) is 12.9. The van der Waals surface area contributed by atoms with Crippen LogP contribution in [0, 0.1) is 5.41 Å². The summed E-state index contributed by atoms with van der Waals surface area (Å²) in [5.74, 6) is -1.82. The molecule has 0 atom stereocenters. The third kappa shape index (κ3) is 2.24. The number of urea groups is 1. The molecule has 10 heteroatoms. The molecular formula is C13H15N5O5.